The molecule has 2 aromatic rings. The van der Waals surface area contributed by atoms with E-state index >= 15 is 0 Å². The minimum absolute atomic E-state index is 0.0715. The van der Waals surface area contributed by atoms with Gasteiger partial charge in [0.15, 0.2) is 0 Å². The first kappa shape index (κ1) is 23.8. The van der Waals surface area contributed by atoms with Gasteiger partial charge in [-0.05, 0) is 66.5 Å². The molecule has 5 nitrogen and oxygen atoms in total. The monoisotopic (exact) mass is 435 g/mol. The molecule has 2 aromatic carbocycles. The first-order chi connectivity index (χ1) is 15.1. The average molecular weight is 436 g/mol. The van der Waals surface area contributed by atoms with Gasteiger partial charge in [-0.1, -0.05) is 45.9 Å². The van der Waals surface area contributed by atoms with Gasteiger partial charge < -0.3 is 15.1 Å². The van der Waals surface area contributed by atoms with Gasteiger partial charge in [-0.2, -0.15) is 0 Å². The smallest absolute Gasteiger partial charge is 0.236 e. The molecule has 0 aliphatic carbocycles. The van der Waals surface area contributed by atoms with Crippen molar-refractivity contribution >= 4 is 28.9 Å². The van der Waals surface area contributed by atoms with Crippen LogP contribution in [0.25, 0.3) is 0 Å². The van der Waals surface area contributed by atoms with E-state index in [0.29, 0.717) is 0 Å². The van der Waals surface area contributed by atoms with Crippen molar-refractivity contribution in [3.63, 3.8) is 0 Å². The Morgan fingerprint density at radius 3 is 2.25 bits per heavy atom. The normalized spacial score (nSPS) is 15.7. The van der Waals surface area contributed by atoms with Crippen LogP contribution in [-0.4, -0.2) is 32.0 Å². The van der Waals surface area contributed by atoms with Crippen LogP contribution in [0.2, 0.25) is 0 Å². The summed E-state index contributed by atoms with van der Waals surface area (Å²) in [6.45, 7) is 10.5. The number of carbonyl (C=O) groups excluding carboxylic acids is 2. The van der Waals surface area contributed by atoms with Crippen molar-refractivity contribution in [2.75, 3.05) is 29.2 Å². The quantitative estimate of drug-likeness (QED) is 0.593. The van der Waals surface area contributed by atoms with Crippen LogP contribution in [0.5, 0.6) is 0 Å². The Hall–Kier alpha value is -2.82. The number of aryl methyl sites for hydroxylation is 1. The van der Waals surface area contributed by atoms with E-state index in [-0.39, 0.29) is 36.1 Å². The third kappa shape index (κ3) is 4.98. The van der Waals surface area contributed by atoms with E-state index in [4.69, 9.17) is 0 Å². The molecule has 0 saturated carbocycles. The van der Waals surface area contributed by atoms with Gasteiger partial charge in [0.05, 0.1) is 0 Å². The molecule has 0 saturated heterocycles. The van der Waals surface area contributed by atoms with Crippen molar-refractivity contribution in [1.29, 1.82) is 0 Å². The lowest BCUT2D eigenvalue weighted by Crippen LogP contribution is -2.43. The molecule has 5 heteroatoms. The second kappa shape index (κ2) is 9.76. The molecule has 1 heterocycles. The highest BCUT2D eigenvalue weighted by atomic mass is 16.2. The topological polar surface area (TPSA) is 52.7 Å². The van der Waals surface area contributed by atoms with E-state index in [1.165, 1.54) is 0 Å². The van der Waals surface area contributed by atoms with Gasteiger partial charge in [-0.15, -0.1) is 0 Å². The van der Waals surface area contributed by atoms with Crippen molar-refractivity contribution in [2.24, 2.45) is 0 Å². The van der Waals surface area contributed by atoms with Gasteiger partial charge in [-0.3, -0.25) is 9.59 Å². The number of carbonyl (C=O) groups is 2. The Balaban J connectivity index is 1.83. The van der Waals surface area contributed by atoms with Crippen LogP contribution in [-0.2, 0) is 16.0 Å². The summed E-state index contributed by atoms with van der Waals surface area (Å²) in [5, 5.41) is 3.08. The summed E-state index contributed by atoms with van der Waals surface area (Å²) in [6.07, 6.45) is 1.67. The van der Waals surface area contributed by atoms with Crippen LogP contribution >= 0.6 is 0 Å². The number of nitrogens with one attached hydrogen (secondary N) is 1. The summed E-state index contributed by atoms with van der Waals surface area (Å²) in [7, 11) is 4.03. The van der Waals surface area contributed by atoms with Gasteiger partial charge in [0.1, 0.15) is 6.42 Å². The molecule has 0 bridgehead atoms. The van der Waals surface area contributed by atoms with E-state index in [2.05, 4.69) is 63.0 Å². The Morgan fingerprint density at radius 2 is 1.69 bits per heavy atom. The van der Waals surface area contributed by atoms with E-state index in [1.54, 1.807) is 0 Å². The van der Waals surface area contributed by atoms with E-state index in [0.717, 1.165) is 46.6 Å². The number of amides is 2. The highest BCUT2D eigenvalue weighted by molar-refractivity contribution is 6.10. The second-order valence-electron chi connectivity index (χ2n) is 9.70. The predicted octanol–water partition coefficient (Wildman–Crippen LogP) is 5.70. The van der Waals surface area contributed by atoms with Crippen LogP contribution in [0.4, 0.5) is 17.1 Å². The van der Waals surface area contributed by atoms with Gasteiger partial charge in [-0.25, -0.2) is 0 Å². The maximum atomic E-state index is 13.3. The first-order valence-corrected chi connectivity index (χ1v) is 11.6. The Morgan fingerprint density at radius 1 is 1.06 bits per heavy atom. The molecule has 32 heavy (non-hydrogen) atoms. The Bertz CT molecular complexity index is 968. The van der Waals surface area contributed by atoms with E-state index in [9.17, 15) is 9.59 Å². The Kier molecular flexibility index (Phi) is 7.27. The molecular formula is C27H37N3O2. The summed E-state index contributed by atoms with van der Waals surface area (Å²) in [5.74, 6) is 0.148. The third-order valence-corrected chi connectivity index (χ3v) is 6.33. The average Bonchev–Trinajstić information content (AvgIpc) is 2.72. The summed E-state index contributed by atoms with van der Waals surface area (Å²) in [5.41, 5.74) is 6.27. The van der Waals surface area contributed by atoms with Crippen molar-refractivity contribution in [2.45, 2.75) is 71.8 Å². The number of nitrogens with zero attached hydrogens (tertiary/aromatic N) is 2. The number of hydrogen-bond donors (Lipinski definition) is 1. The molecule has 1 aliphatic heterocycles. The van der Waals surface area contributed by atoms with Crippen LogP contribution in [0, 0.1) is 0 Å². The van der Waals surface area contributed by atoms with Crippen LogP contribution in [0.1, 0.15) is 76.0 Å². The van der Waals surface area contributed by atoms with E-state index in [1.807, 2.05) is 37.2 Å². The fourth-order valence-corrected chi connectivity index (χ4v) is 4.50. The molecule has 0 radical (unpaired) electrons. The number of benzene rings is 2. The zero-order chi connectivity index (χ0) is 23.6. The highest BCUT2D eigenvalue weighted by Crippen LogP contribution is 2.35. The molecule has 0 fully saturated rings. The molecule has 1 aliphatic rings. The molecular weight excluding hydrogens is 398 g/mol. The number of fused-ring (bicyclic) bond motifs is 1. The van der Waals surface area contributed by atoms with Gasteiger partial charge in [0.25, 0.3) is 0 Å². The molecule has 1 atom stereocenters. The predicted molar refractivity (Wildman–Crippen MR) is 134 cm³/mol. The molecule has 3 rings (SSSR count). The van der Waals surface area contributed by atoms with Gasteiger partial charge in [0, 0.05) is 37.2 Å². The SMILES string of the molecule is CC(C)c1cccc(C(C)C)c1NC(=O)CC(=O)N1c2ccc(N(C)C)cc2CCC1C. The Labute approximate surface area is 192 Å². The lowest BCUT2D eigenvalue weighted by Gasteiger charge is -2.36. The largest absolute Gasteiger partial charge is 0.378 e. The second-order valence-corrected chi connectivity index (χ2v) is 9.70. The summed E-state index contributed by atoms with van der Waals surface area (Å²) in [4.78, 5) is 30.2. The van der Waals surface area contributed by atoms with Gasteiger partial charge >= 0.3 is 0 Å². The highest BCUT2D eigenvalue weighted by Gasteiger charge is 2.30. The number of para-hydroxylation sites is 1. The zero-order valence-corrected chi connectivity index (χ0v) is 20.5. The standard InChI is InChI=1S/C27H37N3O2/c1-17(2)22-9-8-10-23(18(3)4)27(22)28-25(31)16-26(32)30-19(5)11-12-20-15-21(29(6)7)13-14-24(20)30/h8-10,13-15,17-19H,11-12,16H2,1-7H3,(H,28,31). The van der Waals surface area contributed by atoms with Crippen LogP contribution in [0.3, 0.4) is 0 Å². The lowest BCUT2D eigenvalue weighted by molar-refractivity contribution is -0.125. The fraction of sp³-hybridized carbons (Fsp3) is 0.481. The minimum Gasteiger partial charge on any atom is -0.378 e. The number of anilines is 3. The maximum Gasteiger partial charge on any atom is 0.236 e. The van der Waals surface area contributed by atoms with Crippen molar-refractivity contribution in [1.82, 2.24) is 0 Å². The van der Waals surface area contributed by atoms with Crippen LogP contribution < -0.4 is 15.1 Å². The zero-order valence-electron chi connectivity index (χ0n) is 20.5. The van der Waals surface area contributed by atoms with Crippen molar-refractivity contribution in [3.8, 4) is 0 Å². The molecule has 0 spiro atoms. The van der Waals surface area contributed by atoms with Crippen molar-refractivity contribution < 1.29 is 9.59 Å². The molecule has 1 unspecified atom stereocenters. The number of hydrogen-bond acceptors (Lipinski definition) is 3. The summed E-state index contributed by atoms with van der Waals surface area (Å²) in [6, 6.07) is 12.4. The van der Waals surface area contributed by atoms with Gasteiger partial charge in [0.2, 0.25) is 11.8 Å². The van der Waals surface area contributed by atoms with Crippen molar-refractivity contribution in [3.05, 3.63) is 53.1 Å². The lowest BCUT2D eigenvalue weighted by atomic mass is 9.92. The molecule has 1 N–H and O–H groups in total. The minimum atomic E-state index is -0.255. The number of rotatable bonds is 6. The molecule has 0 aromatic heterocycles. The van der Waals surface area contributed by atoms with E-state index < -0.39 is 0 Å². The summed E-state index contributed by atoms with van der Waals surface area (Å²) < 4.78 is 0. The maximum absolute atomic E-state index is 13.3. The third-order valence-electron chi connectivity index (χ3n) is 6.33. The fourth-order valence-electron chi connectivity index (χ4n) is 4.50. The molecule has 172 valence electrons. The summed E-state index contributed by atoms with van der Waals surface area (Å²) >= 11 is 0. The first-order valence-electron chi connectivity index (χ1n) is 11.6. The molecule has 2 amide bonds. The van der Waals surface area contributed by atoms with Crippen LogP contribution in [0.15, 0.2) is 36.4 Å².